The number of halogens is 1. The van der Waals surface area contributed by atoms with Crippen molar-refractivity contribution in [2.45, 2.75) is 12.5 Å². The molecule has 1 aliphatic rings. The van der Waals surface area contributed by atoms with Gasteiger partial charge in [-0.05, 0) is 24.6 Å². The summed E-state index contributed by atoms with van der Waals surface area (Å²) in [6.07, 6.45) is 2.19. The van der Waals surface area contributed by atoms with Gasteiger partial charge in [0, 0.05) is 35.2 Å². The molecule has 5 heteroatoms. The van der Waals surface area contributed by atoms with Gasteiger partial charge in [0.1, 0.15) is 5.82 Å². The third-order valence-corrected chi connectivity index (χ3v) is 3.53. The third kappa shape index (κ3) is 1.76. The van der Waals surface area contributed by atoms with E-state index in [1.54, 1.807) is 12.3 Å². The van der Waals surface area contributed by atoms with Gasteiger partial charge in [-0.25, -0.2) is 4.39 Å². The molecule has 2 aromatic rings. The van der Waals surface area contributed by atoms with Gasteiger partial charge in [-0.3, -0.25) is 4.79 Å². The molecule has 1 fully saturated rings. The van der Waals surface area contributed by atoms with Crippen molar-refractivity contribution in [3.8, 4) is 0 Å². The molecule has 18 heavy (non-hydrogen) atoms. The number of fused-ring (bicyclic) bond motifs is 1. The molecule has 2 unspecified atom stereocenters. The van der Waals surface area contributed by atoms with Crippen LogP contribution in [0.25, 0.3) is 10.9 Å². The molecule has 0 radical (unpaired) electrons. The first-order valence-corrected chi connectivity index (χ1v) is 5.88. The van der Waals surface area contributed by atoms with Gasteiger partial charge >= 0.3 is 5.97 Å². The van der Waals surface area contributed by atoms with E-state index in [2.05, 4.69) is 10.3 Å². The Labute approximate surface area is 103 Å². The van der Waals surface area contributed by atoms with Crippen LogP contribution in [-0.2, 0) is 4.79 Å². The first kappa shape index (κ1) is 11.2. The highest BCUT2D eigenvalue weighted by Gasteiger charge is 2.31. The van der Waals surface area contributed by atoms with E-state index < -0.39 is 11.9 Å². The minimum absolute atomic E-state index is 0.223. The second-order valence-corrected chi connectivity index (χ2v) is 4.67. The van der Waals surface area contributed by atoms with E-state index in [1.807, 2.05) is 6.07 Å². The second kappa shape index (κ2) is 4.10. The Morgan fingerprint density at radius 1 is 1.44 bits per heavy atom. The Bertz CT molecular complexity index is 608. The lowest BCUT2D eigenvalue weighted by molar-refractivity contribution is -0.141. The van der Waals surface area contributed by atoms with Crippen molar-refractivity contribution in [2.24, 2.45) is 5.92 Å². The summed E-state index contributed by atoms with van der Waals surface area (Å²) in [5.74, 6) is -1.55. The van der Waals surface area contributed by atoms with Crippen molar-refractivity contribution >= 4 is 16.9 Å². The largest absolute Gasteiger partial charge is 0.481 e. The maximum absolute atomic E-state index is 14.0. The van der Waals surface area contributed by atoms with Crippen LogP contribution in [0.3, 0.4) is 0 Å². The summed E-state index contributed by atoms with van der Waals surface area (Å²) in [5.41, 5.74) is 1.40. The number of carboxylic acids is 1. The molecule has 1 aromatic carbocycles. The number of hydrogen-bond donors (Lipinski definition) is 3. The van der Waals surface area contributed by atoms with E-state index in [1.165, 1.54) is 6.07 Å². The Morgan fingerprint density at radius 2 is 2.28 bits per heavy atom. The molecule has 0 aliphatic carbocycles. The number of aliphatic carboxylic acids is 1. The van der Waals surface area contributed by atoms with Gasteiger partial charge in [0.05, 0.1) is 5.92 Å². The van der Waals surface area contributed by atoms with Crippen molar-refractivity contribution in [3.63, 3.8) is 0 Å². The van der Waals surface area contributed by atoms with Gasteiger partial charge in [-0.1, -0.05) is 0 Å². The van der Waals surface area contributed by atoms with Crippen molar-refractivity contribution < 1.29 is 14.3 Å². The van der Waals surface area contributed by atoms with Crippen LogP contribution in [0.5, 0.6) is 0 Å². The van der Waals surface area contributed by atoms with Crippen molar-refractivity contribution in [2.75, 3.05) is 6.54 Å². The van der Waals surface area contributed by atoms with Crippen molar-refractivity contribution in [3.05, 3.63) is 35.8 Å². The smallest absolute Gasteiger partial charge is 0.307 e. The summed E-state index contributed by atoms with van der Waals surface area (Å²) in [6.45, 7) is 0.391. The molecule has 2 atom stereocenters. The fourth-order valence-electron chi connectivity index (χ4n) is 2.52. The Hall–Kier alpha value is -1.88. The quantitative estimate of drug-likeness (QED) is 0.762. The van der Waals surface area contributed by atoms with E-state index in [0.717, 1.165) is 10.9 Å². The number of carboxylic acid groups (broad SMARTS) is 1. The SMILES string of the molecule is O=C(O)C1CNC(c2cc3[nH]ccc3cc2F)C1. The van der Waals surface area contributed by atoms with Gasteiger partial charge < -0.3 is 15.4 Å². The Balaban J connectivity index is 1.94. The number of H-pyrrole nitrogens is 1. The number of nitrogens with one attached hydrogen (secondary N) is 2. The number of hydrogen-bond acceptors (Lipinski definition) is 2. The summed E-state index contributed by atoms with van der Waals surface area (Å²) >= 11 is 0. The van der Waals surface area contributed by atoms with Crippen LogP contribution in [-0.4, -0.2) is 22.6 Å². The van der Waals surface area contributed by atoms with E-state index in [9.17, 15) is 9.18 Å². The Kier molecular flexibility index (Phi) is 2.56. The lowest BCUT2D eigenvalue weighted by atomic mass is 9.99. The molecule has 4 nitrogen and oxygen atoms in total. The zero-order valence-electron chi connectivity index (χ0n) is 9.61. The van der Waals surface area contributed by atoms with Crippen LogP contribution in [0.15, 0.2) is 24.4 Å². The van der Waals surface area contributed by atoms with Crippen LogP contribution in [0.1, 0.15) is 18.0 Å². The molecule has 3 N–H and O–H groups in total. The zero-order chi connectivity index (χ0) is 12.7. The number of rotatable bonds is 2. The summed E-state index contributed by atoms with van der Waals surface area (Å²) in [7, 11) is 0. The molecule has 94 valence electrons. The van der Waals surface area contributed by atoms with Crippen LogP contribution in [0.2, 0.25) is 0 Å². The average molecular weight is 248 g/mol. The first-order chi connectivity index (χ1) is 8.65. The molecule has 3 rings (SSSR count). The molecule has 0 saturated carbocycles. The molecule has 0 amide bonds. The highest BCUT2D eigenvalue weighted by Crippen LogP contribution is 2.31. The molecule has 1 aliphatic heterocycles. The normalized spacial score (nSPS) is 23.6. The van der Waals surface area contributed by atoms with Crippen LogP contribution in [0.4, 0.5) is 4.39 Å². The standard InChI is InChI=1S/C13H13FN2O2/c14-10-3-7-1-2-15-11(7)5-9(10)12-4-8(6-16-12)13(17)18/h1-3,5,8,12,15-16H,4,6H2,(H,17,18). The van der Waals surface area contributed by atoms with E-state index in [4.69, 9.17) is 5.11 Å². The molecule has 0 spiro atoms. The fourth-order valence-corrected chi connectivity index (χ4v) is 2.52. The number of benzene rings is 1. The van der Waals surface area contributed by atoms with Gasteiger partial charge in [0.25, 0.3) is 0 Å². The fraction of sp³-hybridized carbons (Fsp3) is 0.308. The minimum Gasteiger partial charge on any atom is -0.481 e. The minimum atomic E-state index is -0.827. The molecule has 2 heterocycles. The van der Waals surface area contributed by atoms with Gasteiger partial charge in [-0.15, -0.1) is 0 Å². The van der Waals surface area contributed by atoms with Crippen molar-refractivity contribution in [1.82, 2.24) is 10.3 Å². The highest BCUT2D eigenvalue weighted by atomic mass is 19.1. The lowest BCUT2D eigenvalue weighted by Crippen LogP contribution is -2.17. The number of carbonyl (C=O) groups is 1. The summed E-state index contributed by atoms with van der Waals surface area (Å²) in [5, 5.41) is 12.8. The third-order valence-electron chi connectivity index (χ3n) is 3.53. The molecule has 0 bridgehead atoms. The molecular formula is C13H13FN2O2. The Morgan fingerprint density at radius 3 is 3.00 bits per heavy atom. The zero-order valence-corrected chi connectivity index (χ0v) is 9.61. The monoisotopic (exact) mass is 248 g/mol. The molecule has 1 aromatic heterocycles. The van der Waals surface area contributed by atoms with Gasteiger partial charge in [0.15, 0.2) is 0 Å². The number of aromatic nitrogens is 1. The second-order valence-electron chi connectivity index (χ2n) is 4.67. The van der Waals surface area contributed by atoms with E-state index in [-0.39, 0.29) is 11.9 Å². The first-order valence-electron chi connectivity index (χ1n) is 5.88. The summed E-state index contributed by atoms with van der Waals surface area (Å²) < 4.78 is 14.0. The molecular weight excluding hydrogens is 235 g/mol. The van der Waals surface area contributed by atoms with Gasteiger partial charge in [-0.2, -0.15) is 0 Å². The summed E-state index contributed by atoms with van der Waals surface area (Å²) in [4.78, 5) is 13.9. The van der Waals surface area contributed by atoms with E-state index in [0.29, 0.717) is 18.5 Å². The maximum Gasteiger partial charge on any atom is 0.307 e. The van der Waals surface area contributed by atoms with Crippen LogP contribution >= 0.6 is 0 Å². The molecule has 1 saturated heterocycles. The topological polar surface area (TPSA) is 65.1 Å². The van der Waals surface area contributed by atoms with Crippen LogP contribution in [0, 0.1) is 11.7 Å². The number of aromatic amines is 1. The predicted octanol–water partition coefficient (Wildman–Crippen LogP) is 2.04. The maximum atomic E-state index is 14.0. The van der Waals surface area contributed by atoms with E-state index >= 15 is 0 Å². The van der Waals surface area contributed by atoms with Crippen LogP contribution < -0.4 is 5.32 Å². The summed E-state index contributed by atoms with van der Waals surface area (Å²) in [6, 6.07) is 4.83. The lowest BCUT2D eigenvalue weighted by Gasteiger charge is -2.12. The van der Waals surface area contributed by atoms with Gasteiger partial charge in [0.2, 0.25) is 0 Å². The average Bonchev–Trinajstić information content (AvgIpc) is 2.94. The highest BCUT2D eigenvalue weighted by molar-refractivity contribution is 5.80. The van der Waals surface area contributed by atoms with Crippen molar-refractivity contribution in [1.29, 1.82) is 0 Å². The predicted molar refractivity (Wildman–Crippen MR) is 64.7 cm³/mol.